The van der Waals surface area contributed by atoms with Crippen molar-refractivity contribution >= 4 is 0 Å². The highest BCUT2D eigenvalue weighted by atomic mass is 16.5. The van der Waals surface area contributed by atoms with Crippen LogP contribution in [0.15, 0.2) is 0 Å². The minimum atomic E-state index is -0.109. The summed E-state index contributed by atoms with van der Waals surface area (Å²) < 4.78 is 12.3. The monoisotopic (exact) mass is 515 g/mol. The molecular formula is C33H57NO3. The number of benzene rings is 1. The average molecular weight is 516 g/mol. The summed E-state index contributed by atoms with van der Waals surface area (Å²) in [7, 11) is 0. The van der Waals surface area contributed by atoms with E-state index >= 15 is 0 Å². The van der Waals surface area contributed by atoms with Gasteiger partial charge in [0.15, 0.2) is 0 Å². The van der Waals surface area contributed by atoms with E-state index in [1.807, 2.05) is 6.92 Å². The third-order valence-electron chi connectivity index (χ3n) is 9.20. The zero-order chi connectivity index (χ0) is 27.0. The van der Waals surface area contributed by atoms with Gasteiger partial charge in [-0.25, -0.2) is 0 Å². The van der Waals surface area contributed by atoms with Crippen LogP contribution in [0.2, 0.25) is 0 Å². The number of morpholine rings is 1. The van der Waals surface area contributed by atoms with Gasteiger partial charge in [-0.1, -0.05) is 72.6 Å². The highest BCUT2D eigenvalue weighted by Gasteiger charge is 2.35. The molecule has 0 radical (unpaired) electrons. The van der Waals surface area contributed by atoms with Crippen LogP contribution < -0.4 is 4.74 Å². The summed E-state index contributed by atoms with van der Waals surface area (Å²) in [4.78, 5) is 2.40. The molecule has 0 unspecified atom stereocenters. The van der Waals surface area contributed by atoms with Crippen molar-refractivity contribution in [1.29, 1.82) is 0 Å². The Morgan fingerprint density at radius 3 is 2.08 bits per heavy atom. The van der Waals surface area contributed by atoms with E-state index in [0.29, 0.717) is 5.75 Å². The van der Waals surface area contributed by atoms with E-state index in [2.05, 4.69) is 46.4 Å². The van der Waals surface area contributed by atoms with Crippen molar-refractivity contribution < 1.29 is 14.6 Å². The normalized spacial score (nSPS) is 22.1. The molecule has 1 N–H and O–H groups in total. The maximum Gasteiger partial charge on any atom is 0.127 e. The number of hydrogen-bond donors (Lipinski definition) is 1. The number of fused-ring (bicyclic) bond motifs is 1. The number of phenolic OH excluding ortho intramolecular Hbond substituents is 1. The Labute approximate surface area is 228 Å². The van der Waals surface area contributed by atoms with Crippen LogP contribution in [0.4, 0.5) is 0 Å². The topological polar surface area (TPSA) is 41.9 Å². The molecule has 2 aliphatic rings. The van der Waals surface area contributed by atoms with E-state index in [0.717, 1.165) is 92.3 Å². The molecule has 212 valence electrons. The zero-order valence-electron chi connectivity index (χ0n) is 25.3. The Bertz CT molecular complexity index is 845. The van der Waals surface area contributed by atoms with Gasteiger partial charge in [-0.05, 0) is 75.3 Å². The molecule has 1 aromatic carbocycles. The van der Waals surface area contributed by atoms with Gasteiger partial charge in [-0.15, -0.1) is 0 Å². The molecule has 0 saturated carbocycles. The number of ether oxygens (including phenoxy) is 2. The summed E-state index contributed by atoms with van der Waals surface area (Å²) in [6.45, 7) is 20.2. The predicted molar refractivity (Wildman–Crippen MR) is 156 cm³/mol. The van der Waals surface area contributed by atoms with Crippen LogP contribution in [0, 0.1) is 31.6 Å². The van der Waals surface area contributed by atoms with E-state index in [-0.39, 0.29) is 5.60 Å². The second-order valence-corrected chi connectivity index (χ2v) is 13.2. The van der Waals surface area contributed by atoms with E-state index in [1.165, 1.54) is 56.9 Å². The van der Waals surface area contributed by atoms with Gasteiger partial charge in [-0.2, -0.15) is 0 Å². The lowest BCUT2D eigenvalue weighted by Gasteiger charge is -2.39. The highest BCUT2D eigenvalue weighted by molar-refractivity contribution is 5.59. The molecule has 1 saturated heterocycles. The third-order valence-corrected chi connectivity index (χ3v) is 9.20. The molecule has 0 bridgehead atoms. The van der Waals surface area contributed by atoms with Crippen LogP contribution >= 0.6 is 0 Å². The Morgan fingerprint density at radius 2 is 1.46 bits per heavy atom. The molecule has 2 aliphatic heterocycles. The SMILES string of the molecule is Cc1c(C)c2c(c(CN3CCOCC3)c1O)CC[C@@](C)(CCC[C@H](C)CCC[C@H](C)CCCC(C)C)O2. The molecule has 3 rings (SSSR count). The van der Waals surface area contributed by atoms with Crippen LogP contribution in [0.3, 0.4) is 0 Å². The largest absolute Gasteiger partial charge is 0.507 e. The van der Waals surface area contributed by atoms with Crippen LogP contribution in [-0.4, -0.2) is 41.9 Å². The molecule has 3 atom stereocenters. The maximum absolute atomic E-state index is 11.1. The lowest BCUT2D eigenvalue weighted by Crippen LogP contribution is -2.38. The fraction of sp³-hybridized carbons (Fsp3) is 0.818. The summed E-state index contributed by atoms with van der Waals surface area (Å²) in [6, 6.07) is 0. The Balaban J connectivity index is 1.49. The second kappa shape index (κ2) is 14.2. The van der Waals surface area contributed by atoms with Gasteiger partial charge in [0.25, 0.3) is 0 Å². The van der Waals surface area contributed by atoms with Gasteiger partial charge in [0.2, 0.25) is 0 Å². The molecule has 0 spiro atoms. The fourth-order valence-corrected chi connectivity index (χ4v) is 6.30. The van der Waals surface area contributed by atoms with Gasteiger partial charge in [0.05, 0.1) is 13.2 Å². The zero-order valence-corrected chi connectivity index (χ0v) is 25.3. The standard InChI is InChI=1S/C33H57NO3/c1-24(2)11-8-12-25(3)13-9-14-26(4)15-10-17-33(7)18-16-29-30(23-34-19-21-36-22-20-34)31(35)27(5)28(6)32(29)37-33/h24-26,35H,8-23H2,1-7H3/t25-,26-,33-/m1/s1. The van der Waals surface area contributed by atoms with Crippen molar-refractivity contribution in [2.45, 2.75) is 131 Å². The van der Waals surface area contributed by atoms with Gasteiger partial charge < -0.3 is 14.6 Å². The van der Waals surface area contributed by atoms with E-state index < -0.39 is 0 Å². The smallest absolute Gasteiger partial charge is 0.127 e. The van der Waals surface area contributed by atoms with E-state index in [1.54, 1.807) is 0 Å². The van der Waals surface area contributed by atoms with Crippen LogP contribution in [0.25, 0.3) is 0 Å². The van der Waals surface area contributed by atoms with Crippen molar-refractivity contribution in [2.75, 3.05) is 26.3 Å². The first-order chi connectivity index (χ1) is 17.6. The lowest BCUT2D eigenvalue weighted by atomic mass is 9.83. The Kier molecular flexibility index (Phi) is 11.6. The number of rotatable bonds is 14. The number of hydrogen-bond acceptors (Lipinski definition) is 4. The van der Waals surface area contributed by atoms with Crippen molar-refractivity contribution in [3.05, 3.63) is 22.3 Å². The molecule has 0 amide bonds. The molecular weight excluding hydrogens is 458 g/mol. The van der Waals surface area contributed by atoms with E-state index in [4.69, 9.17) is 9.47 Å². The lowest BCUT2D eigenvalue weighted by molar-refractivity contribution is 0.0324. The molecule has 0 aliphatic carbocycles. The number of phenols is 1. The molecule has 1 fully saturated rings. The molecule has 4 nitrogen and oxygen atoms in total. The minimum absolute atomic E-state index is 0.109. The maximum atomic E-state index is 11.1. The van der Waals surface area contributed by atoms with Gasteiger partial charge >= 0.3 is 0 Å². The summed E-state index contributed by atoms with van der Waals surface area (Å²) in [5, 5.41) is 11.1. The number of aromatic hydroxyl groups is 1. The third kappa shape index (κ3) is 8.88. The highest BCUT2D eigenvalue weighted by Crippen LogP contribution is 2.45. The first-order valence-corrected chi connectivity index (χ1v) is 15.4. The van der Waals surface area contributed by atoms with E-state index in [9.17, 15) is 5.11 Å². The van der Waals surface area contributed by atoms with Crippen LogP contribution in [0.5, 0.6) is 11.5 Å². The van der Waals surface area contributed by atoms with Gasteiger partial charge in [0, 0.05) is 30.8 Å². The van der Waals surface area contributed by atoms with Crippen molar-refractivity contribution in [2.24, 2.45) is 17.8 Å². The molecule has 2 heterocycles. The van der Waals surface area contributed by atoms with Crippen LogP contribution in [-0.2, 0) is 17.7 Å². The predicted octanol–water partition coefficient (Wildman–Crippen LogP) is 8.36. The molecule has 4 heteroatoms. The van der Waals surface area contributed by atoms with Gasteiger partial charge in [0.1, 0.15) is 17.1 Å². The minimum Gasteiger partial charge on any atom is -0.507 e. The second-order valence-electron chi connectivity index (χ2n) is 13.2. The summed E-state index contributed by atoms with van der Waals surface area (Å²) in [6.07, 6.45) is 13.9. The first-order valence-electron chi connectivity index (χ1n) is 15.4. The Hall–Kier alpha value is -1.26. The summed E-state index contributed by atoms with van der Waals surface area (Å²) >= 11 is 0. The van der Waals surface area contributed by atoms with Crippen molar-refractivity contribution in [3.8, 4) is 11.5 Å². The molecule has 0 aromatic heterocycles. The Morgan fingerprint density at radius 1 is 0.865 bits per heavy atom. The summed E-state index contributed by atoms with van der Waals surface area (Å²) in [5.74, 6) is 4.03. The quantitative estimate of drug-likeness (QED) is 0.270. The van der Waals surface area contributed by atoms with Crippen molar-refractivity contribution in [3.63, 3.8) is 0 Å². The summed E-state index contributed by atoms with van der Waals surface area (Å²) in [5.41, 5.74) is 4.29. The molecule has 37 heavy (non-hydrogen) atoms. The fourth-order valence-electron chi connectivity index (χ4n) is 6.30. The average Bonchev–Trinajstić information content (AvgIpc) is 2.86. The molecule has 1 aromatic rings. The van der Waals surface area contributed by atoms with Crippen molar-refractivity contribution in [1.82, 2.24) is 4.90 Å². The number of nitrogens with zero attached hydrogens (tertiary/aromatic N) is 1. The van der Waals surface area contributed by atoms with Gasteiger partial charge in [-0.3, -0.25) is 4.90 Å². The first kappa shape index (κ1) is 30.3. The van der Waals surface area contributed by atoms with Crippen LogP contribution in [0.1, 0.15) is 121 Å².